The van der Waals surface area contributed by atoms with E-state index in [2.05, 4.69) is 0 Å². The highest BCUT2D eigenvalue weighted by Gasteiger charge is 2.37. The summed E-state index contributed by atoms with van der Waals surface area (Å²) in [4.78, 5) is 23.2. The first-order chi connectivity index (χ1) is 9.11. The molecule has 2 atom stereocenters. The average Bonchev–Trinajstić information content (AvgIpc) is 2.26. The maximum absolute atomic E-state index is 12.8. The van der Waals surface area contributed by atoms with Crippen LogP contribution in [0.4, 0.5) is 4.39 Å². The summed E-state index contributed by atoms with van der Waals surface area (Å²) in [6.07, 6.45) is 0. The lowest BCUT2D eigenvalue weighted by Gasteiger charge is -2.25. The molecular weight excluding hydrogens is 265 g/mol. The third kappa shape index (κ3) is 4.31. The largest absolute Gasteiger partial charge is 0.481 e. The van der Waals surface area contributed by atoms with E-state index in [0.717, 1.165) is 12.1 Å². The van der Waals surface area contributed by atoms with Crippen LogP contribution in [0.1, 0.15) is 32.4 Å². The molecule has 1 aromatic rings. The van der Waals surface area contributed by atoms with E-state index in [-0.39, 0.29) is 0 Å². The number of benzene rings is 1. The van der Waals surface area contributed by atoms with Crippen LogP contribution in [-0.2, 0) is 14.3 Å². The second-order valence-corrected chi connectivity index (χ2v) is 5.43. The minimum atomic E-state index is -1.54. The average molecular weight is 283 g/mol. The molecule has 0 heterocycles. The second-order valence-electron chi connectivity index (χ2n) is 5.43. The van der Waals surface area contributed by atoms with Gasteiger partial charge < -0.3 is 15.6 Å². The summed E-state index contributed by atoms with van der Waals surface area (Å²) in [6.45, 7) is 4.90. The molecule has 0 aromatic heterocycles. The summed E-state index contributed by atoms with van der Waals surface area (Å²) in [7, 11) is 0. The van der Waals surface area contributed by atoms with Crippen LogP contribution in [0.25, 0.3) is 0 Å². The van der Waals surface area contributed by atoms with Gasteiger partial charge in [0.1, 0.15) is 11.4 Å². The number of carboxylic acid groups (broad SMARTS) is 1. The summed E-state index contributed by atoms with van der Waals surface area (Å²) in [5, 5.41) is 9.17. The number of carbonyl (C=O) groups excluding carboxylic acids is 1. The van der Waals surface area contributed by atoms with Crippen molar-refractivity contribution in [2.24, 2.45) is 11.7 Å². The molecule has 3 N–H and O–H groups in total. The second kappa shape index (κ2) is 6.00. The summed E-state index contributed by atoms with van der Waals surface area (Å²) in [5.41, 5.74) is 5.35. The molecule has 5 nitrogen and oxygen atoms in total. The smallest absolute Gasteiger partial charge is 0.322 e. The van der Waals surface area contributed by atoms with Crippen LogP contribution in [0.3, 0.4) is 0 Å². The summed E-state index contributed by atoms with van der Waals surface area (Å²) >= 11 is 0. The standard InChI is InChI=1S/C14H18FNO4/c1-14(2,3)20-13(19)10(12(17)18)11(16)8-4-6-9(15)7-5-8/h4-7,10-11H,16H2,1-3H3,(H,17,18)/t10-,11?/m1/s1. The first-order valence-corrected chi connectivity index (χ1v) is 6.08. The SMILES string of the molecule is CC(C)(C)OC(=O)[C@@H](C(=O)O)C(N)c1ccc(F)cc1. The van der Waals surface area contributed by atoms with E-state index in [0.29, 0.717) is 5.56 Å². The molecule has 1 rings (SSSR count). The number of nitrogens with two attached hydrogens (primary N) is 1. The molecule has 6 heteroatoms. The highest BCUT2D eigenvalue weighted by Crippen LogP contribution is 2.23. The van der Waals surface area contributed by atoms with Crippen molar-refractivity contribution in [3.8, 4) is 0 Å². The van der Waals surface area contributed by atoms with Crippen molar-refractivity contribution in [1.82, 2.24) is 0 Å². The van der Waals surface area contributed by atoms with Gasteiger partial charge in [-0.25, -0.2) is 4.39 Å². The molecule has 0 bridgehead atoms. The van der Waals surface area contributed by atoms with Gasteiger partial charge in [-0.3, -0.25) is 9.59 Å². The number of carbonyl (C=O) groups is 2. The van der Waals surface area contributed by atoms with E-state index < -0.39 is 35.3 Å². The molecule has 0 aliphatic carbocycles. The fourth-order valence-corrected chi connectivity index (χ4v) is 1.64. The van der Waals surface area contributed by atoms with Crippen LogP contribution in [0.5, 0.6) is 0 Å². The van der Waals surface area contributed by atoms with Crippen LogP contribution in [-0.4, -0.2) is 22.6 Å². The van der Waals surface area contributed by atoms with E-state index in [1.807, 2.05) is 0 Å². The van der Waals surface area contributed by atoms with Crippen LogP contribution >= 0.6 is 0 Å². The van der Waals surface area contributed by atoms with E-state index >= 15 is 0 Å². The van der Waals surface area contributed by atoms with Gasteiger partial charge in [-0.2, -0.15) is 0 Å². The Morgan fingerprint density at radius 2 is 1.75 bits per heavy atom. The first kappa shape index (κ1) is 16.1. The fraction of sp³-hybridized carbons (Fsp3) is 0.429. The number of hydrogen-bond acceptors (Lipinski definition) is 4. The number of esters is 1. The highest BCUT2D eigenvalue weighted by atomic mass is 19.1. The van der Waals surface area contributed by atoms with Gasteiger partial charge >= 0.3 is 11.9 Å². The molecule has 1 aromatic carbocycles. The molecule has 0 saturated carbocycles. The molecule has 0 fully saturated rings. The fourth-order valence-electron chi connectivity index (χ4n) is 1.64. The van der Waals surface area contributed by atoms with Crippen LogP contribution < -0.4 is 5.73 Å². The van der Waals surface area contributed by atoms with Crippen molar-refractivity contribution in [3.05, 3.63) is 35.6 Å². The summed E-state index contributed by atoms with van der Waals surface area (Å²) < 4.78 is 17.9. The van der Waals surface area contributed by atoms with Gasteiger partial charge in [0.2, 0.25) is 0 Å². The van der Waals surface area contributed by atoms with Gasteiger partial charge in [-0.05, 0) is 38.5 Å². The number of ether oxygens (including phenoxy) is 1. The molecule has 0 amide bonds. The van der Waals surface area contributed by atoms with Crippen LogP contribution in [0.2, 0.25) is 0 Å². The Bertz CT molecular complexity index is 493. The van der Waals surface area contributed by atoms with E-state index in [1.165, 1.54) is 12.1 Å². The predicted octanol–water partition coefficient (Wildman–Crippen LogP) is 1.87. The molecule has 0 saturated heterocycles. The lowest BCUT2D eigenvalue weighted by molar-refractivity contribution is -0.167. The topological polar surface area (TPSA) is 89.6 Å². The Morgan fingerprint density at radius 3 is 2.15 bits per heavy atom. The Hall–Kier alpha value is -1.95. The molecule has 0 aliphatic heterocycles. The van der Waals surface area contributed by atoms with Gasteiger partial charge in [-0.15, -0.1) is 0 Å². The summed E-state index contributed by atoms with van der Waals surface area (Å²) in [5.74, 6) is -4.30. The van der Waals surface area contributed by atoms with Crippen molar-refractivity contribution in [1.29, 1.82) is 0 Å². The quantitative estimate of drug-likeness (QED) is 0.650. The summed E-state index contributed by atoms with van der Waals surface area (Å²) in [6, 6.07) is 3.90. The van der Waals surface area contributed by atoms with Gasteiger partial charge in [-0.1, -0.05) is 12.1 Å². The zero-order valence-corrected chi connectivity index (χ0v) is 11.6. The Labute approximate surface area is 116 Å². The molecular formula is C14H18FNO4. The third-order valence-electron chi connectivity index (χ3n) is 2.54. The van der Waals surface area contributed by atoms with Crippen molar-refractivity contribution < 1.29 is 23.8 Å². The zero-order chi connectivity index (χ0) is 15.5. The van der Waals surface area contributed by atoms with Crippen LogP contribution in [0.15, 0.2) is 24.3 Å². The van der Waals surface area contributed by atoms with E-state index in [4.69, 9.17) is 10.5 Å². The Balaban J connectivity index is 2.99. The van der Waals surface area contributed by atoms with Crippen molar-refractivity contribution in [2.45, 2.75) is 32.4 Å². The normalized spacial score (nSPS) is 14.4. The zero-order valence-electron chi connectivity index (χ0n) is 11.6. The van der Waals surface area contributed by atoms with Crippen molar-refractivity contribution in [3.63, 3.8) is 0 Å². The lowest BCUT2D eigenvalue weighted by Crippen LogP contribution is -2.39. The number of aliphatic carboxylic acids is 1. The Kier molecular flexibility index (Phi) is 4.83. The molecule has 0 aliphatic rings. The van der Waals surface area contributed by atoms with Crippen molar-refractivity contribution >= 4 is 11.9 Å². The van der Waals surface area contributed by atoms with Gasteiger partial charge in [0.15, 0.2) is 5.92 Å². The highest BCUT2D eigenvalue weighted by molar-refractivity contribution is 5.95. The first-order valence-electron chi connectivity index (χ1n) is 6.08. The Morgan fingerprint density at radius 1 is 1.25 bits per heavy atom. The maximum Gasteiger partial charge on any atom is 0.322 e. The predicted molar refractivity (Wildman–Crippen MR) is 70.3 cm³/mol. The lowest BCUT2D eigenvalue weighted by atomic mass is 9.93. The minimum absolute atomic E-state index is 0.352. The molecule has 0 radical (unpaired) electrons. The number of hydrogen-bond donors (Lipinski definition) is 2. The molecule has 20 heavy (non-hydrogen) atoms. The van der Waals surface area contributed by atoms with Gasteiger partial charge in [0, 0.05) is 0 Å². The van der Waals surface area contributed by atoms with E-state index in [9.17, 15) is 19.1 Å². The number of carboxylic acids is 1. The van der Waals surface area contributed by atoms with Crippen LogP contribution in [0, 0.1) is 11.7 Å². The molecule has 1 unspecified atom stereocenters. The van der Waals surface area contributed by atoms with Crippen molar-refractivity contribution in [2.75, 3.05) is 0 Å². The van der Waals surface area contributed by atoms with Gasteiger partial charge in [0.05, 0.1) is 6.04 Å². The van der Waals surface area contributed by atoms with E-state index in [1.54, 1.807) is 20.8 Å². The third-order valence-corrected chi connectivity index (χ3v) is 2.54. The molecule has 0 spiro atoms. The molecule has 110 valence electrons. The minimum Gasteiger partial charge on any atom is -0.481 e. The van der Waals surface area contributed by atoms with Gasteiger partial charge in [0.25, 0.3) is 0 Å². The number of halogens is 1. The monoisotopic (exact) mass is 283 g/mol. The number of rotatable bonds is 4. The maximum atomic E-state index is 12.8.